The third-order valence-electron chi connectivity index (χ3n) is 11.4. The second-order valence-corrected chi connectivity index (χ2v) is 15.3. The fourth-order valence-electron chi connectivity index (χ4n) is 9.69. The molecule has 4 N–H and O–H groups in total. The number of carbonyl (C=O) groups excluding carboxylic acids is 3. The molecule has 7 rings (SSSR count). The summed E-state index contributed by atoms with van der Waals surface area (Å²) < 4.78 is 0. The maximum Gasteiger partial charge on any atom is 0.223 e. The lowest BCUT2D eigenvalue weighted by Gasteiger charge is -2.57. The molecule has 0 aliphatic heterocycles. The molecule has 0 saturated heterocycles. The van der Waals surface area contributed by atoms with E-state index in [4.69, 9.17) is 11.5 Å². The smallest absolute Gasteiger partial charge is 0.223 e. The molecule has 6 heteroatoms. The predicted octanol–water partition coefficient (Wildman–Crippen LogP) is 6.66. The Kier molecular flexibility index (Phi) is 10.9. The van der Waals surface area contributed by atoms with E-state index in [1.54, 1.807) is 0 Å². The number of nitrogens with two attached hydrogens (primary N) is 2. The molecule has 2 atom stereocenters. The number of hydrogen-bond acceptors (Lipinski definition) is 5. The summed E-state index contributed by atoms with van der Waals surface area (Å²) in [6.07, 6.45) is 11.4. The predicted molar refractivity (Wildman–Crippen MR) is 189 cm³/mol. The highest BCUT2D eigenvalue weighted by molar-refractivity contribution is 5.93. The Balaban J connectivity index is 1.22. The lowest BCUT2D eigenvalue weighted by atomic mass is 9.49. The summed E-state index contributed by atoms with van der Waals surface area (Å²) in [5.41, 5.74) is 14.2. The third kappa shape index (κ3) is 8.58. The van der Waals surface area contributed by atoms with Crippen LogP contribution in [0.25, 0.3) is 10.8 Å². The summed E-state index contributed by atoms with van der Waals surface area (Å²) in [5, 5.41) is 2.18. The van der Waals surface area contributed by atoms with Crippen LogP contribution in [0.1, 0.15) is 81.8 Å². The molecule has 0 aromatic heterocycles. The Bertz CT molecular complexity index is 1490. The molecule has 4 aliphatic carbocycles. The number of nitrogens with zero attached hydrogens (tertiary/aromatic N) is 1. The third-order valence-corrected chi connectivity index (χ3v) is 11.4. The van der Waals surface area contributed by atoms with Gasteiger partial charge in [0.05, 0.1) is 12.6 Å². The highest BCUT2D eigenvalue weighted by Crippen LogP contribution is 2.61. The first-order valence-electron chi connectivity index (χ1n) is 18.1. The average Bonchev–Trinajstić information content (AvgIpc) is 3.04. The van der Waals surface area contributed by atoms with Gasteiger partial charge < -0.3 is 16.4 Å². The van der Waals surface area contributed by atoms with Gasteiger partial charge in [-0.05, 0) is 115 Å². The van der Waals surface area contributed by atoms with Crippen molar-refractivity contribution in [2.75, 3.05) is 19.6 Å². The Labute approximate surface area is 280 Å². The van der Waals surface area contributed by atoms with Crippen molar-refractivity contribution in [3.8, 4) is 0 Å². The van der Waals surface area contributed by atoms with E-state index < -0.39 is 6.04 Å². The van der Waals surface area contributed by atoms with Crippen molar-refractivity contribution >= 4 is 28.2 Å². The van der Waals surface area contributed by atoms with Crippen molar-refractivity contribution in [1.29, 1.82) is 0 Å². The van der Waals surface area contributed by atoms with Gasteiger partial charge in [-0.15, -0.1) is 0 Å². The molecule has 4 aliphatic rings. The number of benzene rings is 3. The molecule has 3 aromatic rings. The number of carbonyl (C=O) groups is 3. The van der Waals surface area contributed by atoms with Crippen LogP contribution in [0.15, 0.2) is 72.8 Å². The fourth-order valence-corrected chi connectivity index (χ4v) is 9.69. The van der Waals surface area contributed by atoms with Crippen LogP contribution in [0.3, 0.4) is 0 Å². The zero-order valence-corrected chi connectivity index (χ0v) is 28.0. The van der Waals surface area contributed by atoms with Gasteiger partial charge in [0.25, 0.3) is 0 Å². The summed E-state index contributed by atoms with van der Waals surface area (Å²) in [6, 6.07) is 23.8. The number of unbranched alkanes of at least 4 members (excludes halogenated alkanes) is 1. The van der Waals surface area contributed by atoms with Crippen molar-refractivity contribution in [3.05, 3.63) is 83.9 Å². The summed E-state index contributed by atoms with van der Waals surface area (Å²) in [5.74, 6) is 2.26. The lowest BCUT2D eigenvalue weighted by molar-refractivity contribution is -0.143. The molecule has 6 nitrogen and oxygen atoms in total. The zero-order chi connectivity index (χ0) is 32.8. The van der Waals surface area contributed by atoms with Crippen LogP contribution < -0.4 is 11.5 Å². The van der Waals surface area contributed by atoms with Crippen LogP contribution in [-0.4, -0.2) is 48.0 Å². The van der Waals surface area contributed by atoms with E-state index in [-0.39, 0.29) is 48.2 Å². The standard InChI is InChI=1S/C41H53N3O3/c42-16-7-6-15-38(43)39(46)21-33(17-29-9-2-1-3-10-29)27-44(28-36(45)22-35-13-8-12-34-11-4-5-14-37(34)35)40(47)26-41-23-30-18-31(24-41)20-32(19-30)25-41/h1-5,8-14,30-33,38H,6-7,15-28,42-43H2/t30?,31?,32?,33-,38+,41?/m1/s1. The van der Waals surface area contributed by atoms with Crippen molar-refractivity contribution in [2.24, 2.45) is 40.6 Å². The van der Waals surface area contributed by atoms with Gasteiger partial charge in [0, 0.05) is 25.8 Å². The molecule has 0 unspecified atom stereocenters. The van der Waals surface area contributed by atoms with Gasteiger partial charge in [0.2, 0.25) is 5.91 Å². The Morgan fingerprint density at radius 1 is 0.830 bits per heavy atom. The van der Waals surface area contributed by atoms with E-state index >= 15 is 0 Å². The van der Waals surface area contributed by atoms with Crippen LogP contribution in [0.2, 0.25) is 0 Å². The van der Waals surface area contributed by atoms with Gasteiger partial charge in [-0.2, -0.15) is 0 Å². The van der Waals surface area contributed by atoms with E-state index in [0.717, 1.165) is 71.8 Å². The van der Waals surface area contributed by atoms with E-state index in [1.807, 2.05) is 47.4 Å². The van der Waals surface area contributed by atoms with Crippen LogP contribution >= 0.6 is 0 Å². The Hall–Kier alpha value is -3.35. The summed E-state index contributed by atoms with van der Waals surface area (Å²) in [4.78, 5) is 43.6. The first-order chi connectivity index (χ1) is 22.8. The van der Waals surface area contributed by atoms with Crippen LogP contribution in [0.5, 0.6) is 0 Å². The summed E-state index contributed by atoms with van der Waals surface area (Å²) in [6.45, 7) is 1.03. The zero-order valence-electron chi connectivity index (χ0n) is 28.0. The topological polar surface area (TPSA) is 106 Å². The molecule has 4 saturated carbocycles. The van der Waals surface area contributed by atoms with Gasteiger partial charge >= 0.3 is 0 Å². The number of fused-ring (bicyclic) bond motifs is 1. The fraction of sp³-hybridized carbons (Fsp3) is 0.537. The monoisotopic (exact) mass is 635 g/mol. The van der Waals surface area contributed by atoms with E-state index in [2.05, 4.69) is 30.3 Å². The minimum absolute atomic E-state index is 0.0264. The number of ketones is 2. The molecule has 0 radical (unpaired) electrons. The van der Waals surface area contributed by atoms with Gasteiger partial charge in [0.15, 0.2) is 5.78 Å². The molecule has 250 valence electrons. The molecular weight excluding hydrogens is 582 g/mol. The van der Waals surface area contributed by atoms with Gasteiger partial charge in [-0.25, -0.2) is 0 Å². The first-order valence-corrected chi connectivity index (χ1v) is 18.1. The highest BCUT2D eigenvalue weighted by atomic mass is 16.2. The summed E-state index contributed by atoms with van der Waals surface area (Å²) in [7, 11) is 0. The molecule has 4 bridgehead atoms. The molecule has 0 heterocycles. The number of Topliss-reactive ketones (excluding diaryl/α,β-unsaturated/α-hetero) is 2. The van der Waals surface area contributed by atoms with Crippen LogP contribution in [0, 0.1) is 29.1 Å². The highest BCUT2D eigenvalue weighted by Gasteiger charge is 2.51. The Morgan fingerprint density at radius 2 is 1.49 bits per heavy atom. The second-order valence-electron chi connectivity index (χ2n) is 15.3. The average molecular weight is 636 g/mol. The largest absolute Gasteiger partial charge is 0.335 e. The quantitative estimate of drug-likeness (QED) is 0.161. The molecule has 0 spiro atoms. The van der Waals surface area contributed by atoms with Crippen LogP contribution in [0.4, 0.5) is 0 Å². The van der Waals surface area contributed by atoms with Gasteiger partial charge in [-0.1, -0.05) is 79.2 Å². The number of amides is 1. The lowest BCUT2D eigenvalue weighted by Crippen LogP contribution is -2.49. The van der Waals surface area contributed by atoms with Gasteiger partial charge in [-0.3, -0.25) is 14.4 Å². The van der Waals surface area contributed by atoms with Crippen molar-refractivity contribution < 1.29 is 14.4 Å². The minimum Gasteiger partial charge on any atom is -0.335 e. The molecule has 4 fully saturated rings. The maximum atomic E-state index is 14.5. The summed E-state index contributed by atoms with van der Waals surface area (Å²) >= 11 is 0. The Morgan fingerprint density at radius 3 is 2.19 bits per heavy atom. The normalized spacial score (nSPS) is 24.3. The first kappa shape index (κ1) is 33.5. The van der Waals surface area contributed by atoms with Crippen molar-refractivity contribution in [1.82, 2.24) is 4.90 Å². The van der Waals surface area contributed by atoms with Crippen molar-refractivity contribution in [3.63, 3.8) is 0 Å². The minimum atomic E-state index is -0.538. The van der Waals surface area contributed by atoms with E-state index in [9.17, 15) is 14.4 Å². The second kappa shape index (κ2) is 15.3. The number of hydrogen-bond donors (Lipinski definition) is 2. The molecule has 47 heavy (non-hydrogen) atoms. The molecule has 3 aromatic carbocycles. The van der Waals surface area contributed by atoms with E-state index in [1.165, 1.54) is 19.3 Å². The number of rotatable bonds is 17. The van der Waals surface area contributed by atoms with Crippen LogP contribution in [-0.2, 0) is 27.2 Å². The van der Waals surface area contributed by atoms with E-state index in [0.29, 0.717) is 32.4 Å². The van der Waals surface area contributed by atoms with Crippen molar-refractivity contribution in [2.45, 2.75) is 89.5 Å². The molecule has 1 amide bonds. The maximum absolute atomic E-state index is 14.5. The van der Waals surface area contributed by atoms with Gasteiger partial charge in [0.1, 0.15) is 5.78 Å². The molecular formula is C41H53N3O3. The SMILES string of the molecule is NCCCC[C@H](N)C(=O)C[C@@H](Cc1ccccc1)CN(CC(=O)Cc1cccc2ccccc12)C(=O)CC12CC3CC(CC(C3)C1)C2.